The number of hydrazone groups is 1. The van der Waals surface area contributed by atoms with E-state index >= 15 is 0 Å². The van der Waals surface area contributed by atoms with Crippen LogP contribution in [0, 0.1) is 0 Å². The van der Waals surface area contributed by atoms with Gasteiger partial charge in [-0.3, -0.25) is 4.79 Å². The highest BCUT2D eigenvalue weighted by Crippen LogP contribution is 2.25. The number of aryl methyl sites for hydroxylation is 1. The number of hydrogen-bond acceptors (Lipinski definition) is 4. The Balaban J connectivity index is 1.77. The third-order valence-electron chi connectivity index (χ3n) is 4.02. The predicted octanol–water partition coefficient (Wildman–Crippen LogP) is 2.63. The predicted molar refractivity (Wildman–Crippen MR) is 79.8 cm³/mol. The number of carbonyl (C=O) groups excluding carboxylic acids is 1. The number of carboxylic acids is 1. The number of nitrogens with zero attached hydrogens (tertiary/aromatic N) is 1. The minimum atomic E-state index is -1.09. The Kier molecular flexibility index (Phi) is 4.09. The fourth-order valence-corrected chi connectivity index (χ4v) is 2.87. The summed E-state index contributed by atoms with van der Waals surface area (Å²) in [6.07, 6.45) is 8.07. The van der Waals surface area contributed by atoms with Gasteiger partial charge in [-0.05, 0) is 38.5 Å². The molecule has 0 radical (unpaired) electrons. The molecular formula is C16H18N2O4. The number of nitrogens with one attached hydrogen (secondary N) is 1. The van der Waals surface area contributed by atoms with Crippen molar-refractivity contribution in [3.05, 3.63) is 34.8 Å². The molecule has 0 saturated carbocycles. The summed E-state index contributed by atoms with van der Waals surface area (Å²) in [6, 6.07) is 1.49. The van der Waals surface area contributed by atoms with Crippen LogP contribution < -0.4 is 5.43 Å². The number of allylic oxidation sites excluding steroid dienone is 1. The molecule has 2 aliphatic rings. The van der Waals surface area contributed by atoms with Crippen LogP contribution in [0.4, 0.5) is 0 Å². The highest BCUT2D eigenvalue weighted by atomic mass is 16.4. The van der Waals surface area contributed by atoms with Gasteiger partial charge < -0.3 is 9.52 Å². The van der Waals surface area contributed by atoms with E-state index in [9.17, 15) is 9.59 Å². The summed E-state index contributed by atoms with van der Waals surface area (Å²) in [7, 11) is 0. The van der Waals surface area contributed by atoms with Crippen LogP contribution in [0.25, 0.3) is 0 Å². The number of aromatic carboxylic acids is 1. The van der Waals surface area contributed by atoms with E-state index < -0.39 is 5.97 Å². The van der Waals surface area contributed by atoms with Crippen molar-refractivity contribution >= 4 is 17.6 Å². The van der Waals surface area contributed by atoms with Crippen molar-refractivity contribution in [3.63, 3.8) is 0 Å². The summed E-state index contributed by atoms with van der Waals surface area (Å²) in [5.41, 5.74) is 4.75. The fraction of sp³-hybridized carbons (Fsp3) is 0.438. The molecule has 0 saturated heterocycles. The van der Waals surface area contributed by atoms with Gasteiger partial charge in [0, 0.05) is 23.6 Å². The molecule has 1 amide bonds. The molecule has 0 atom stereocenters. The van der Waals surface area contributed by atoms with Crippen LogP contribution in [0.15, 0.2) is 27.2 Å². The summed E-state index contributed by atoms with van der Waals surface area (Å²) >= 11 is 0. The molecular weight excluding hydrogens is 284 g/mol. The number of carbonyl (C=O) groups is 2. The third kappa shape index (κ3) is 2.95. The van der Waals surface area contributed by atoms with Crippen molar-refractivity contribution in [2.45, 2.75) is 44.9 Å². The van der Waals surface area contributed by atoms with Crippen LogP contribution in [0.2, 0.25) is 0 Å². The van der Waals surface area contributed by atoms with E-state index in [-0.39, 0.29) is 11.7 Å². The highest BCUT2D eigenvalue weighted by molar-refractivity contribution is 6.04. The lowest BCUT2D eigenvalue weighted by molar-refractivity contribution is -0.117. The zero-order chi connectivity index (χ0) is 15.5. The first kappa shape index (κ1) is 14.6. The highest BCUT2D eigenvalue weighted by Gasteiger charge is 2.23. The van der Waals surface area contributed by atoms with Crippen LogP contribution in [-0.2, 0) is 11.2 Å². The van der Waals surface area contributed by atoms with Crippen molar-refractivity contribution in [3.8, 4) is 0 Å². The molecule has 6 heteroatoms. The van der Waals surface area contributed by atoms with Crippen molar-refractivity contribution < 1.29 is 19.1 Å². The van der Waals surface area contributed by atoms with Crippen molar-refractivity contribution in [2.24, 2.45) is 5.10 Å². The van der Waals surface area contributed by atoms with Gasteiger partial charge in [0.05, 0.1) is 5.71 Å². The Hall–Kier alpha value is -2.37. The zero-order valence-corrected chi connectivity index (χ0v) is 12.2. The Labute approximate surface area is 127 Å². The second-order valence-corrected chi connectivity index (χ2v) is 5.58. The Bertz CT molecular complexity index is 670. The number of hydrogen-bond donors (Lipinski definition) is 2. The van der Waals surface area contributed by atoms with E-state index in [1.807, 2.05) is 6.08 Å². The molecule has 1 heterocycles. The second kappa shape index (κ2) is 6.17. The summed E-state index contributed by atoms with van der Waals surface area (Å²) in [5, 5.41) is 13.2. The van der Waals surface area contributed by atoms with Crippen LogP contribution >= 0.6 is 0 Å². The van der Waals surface area contributed by atoms with Crippen LogP contribution in [0.5, 0.6) is 0 Å². The third-order valence-corrected chi connectivity index (χ3v) is 4.02. The summed E-state index contributed by atoms with van der Waals surface area (Å²) in [5.74, 6) is -0.708. The Morgan fingerprint density at radius 1 is 1.18 bits per heavy atom. The molecule has 2 N–H and O–H groups in total. The van der Waals surface area contributed by atoms with Crippen molar-refractivity contribution in [1.29, 1.82) is 0 Å². The quantitative estimate of drug-likeness (QED) is 0.840. The maximum Gasteiger partial charge on any atom is 0.371 e. The van der Waals surface area contributed by atoms with Gasteiger partial charge in [0.15, 0.2) is 0 Å². The molecule has 0 spiro atoms. The van der Waals surface area contributed by atoms with Gasteiger partial charge in [-0.15, -0.1) is 0 Å². The summed E-state index contributed by atoms with van der Waals surface area (Å²) < 4.78 is 5.32. The lowest BCUT2D eigenvalue weighted by atomic mass is 9.96. The minimum absolute atomic E-state index is 0.0825. The maximum atomic E-state index is 12.1. The largest absolute Gasteiger partial charge is 0.475 e. The van der Waals surface area contributed by atoms with Gasteiger partial charge in [-0.25, -0.2) is 10.2 Å². The lowest BCUT2D eigenvalue weighted by Crippen LogP contribution is -2.23. The van der Waals surface area contributed by atoms with E-state index in [1.165, 1.54) is 6.07 Å². The van der Waals surface area contributed by atoms with Gasteiger partial charge in [0.1, 0.15) is 5.76 Å². The first-order chi connectivity index (χ1) is 10.6. The molecule has 1 aromatic rings. The standard InChI is InChI=1S/C16H18N2O4/c19-15(10-5-2-1-3-6-10)18-17-12-7-4-8-13-11(12)9-14(22-13)16(20)21/h5,9H,1-4,6-8H2,(H,18,19)(H,20,21). The van der Waals surface area contributed by atoms with Gasteiger partial charge in [0.25, 0.3) is 5.91 Å². The van der Waals surface area contributed by atoms with E-state index in [1.54, 1.807) is 0 Å². The SMILES string of the molecule is O=C(NN=C1CCCc2oc(C(=O)O)cc21)C1=CCCCC1. The molecule has 0 bridgehead atoms. The van der Waals surface area contributed by atoms with Crippen LogP contribution in [-0.4, -0.2) is 22.7 Å². The van der Waals surface area contributed by atoms with Gasteiger partial charge in [-0.1, -0.05) is 6.08 Å². The molecule has 2 aliphatic carbocycles. The molecule has 0 aliphatic heterocycles. The molecule has 1 aromatic heterocycles. The van der Waals surface area contributed by atoms with E-state index in [0.717, 1.165) is 37.7 Å². The Morgan fingerprint density at radius 2 is 2.05 bits per heavy atom. The lowest BCUT2D eigenvalue weighted by Gasteiger charge is -2.14. The number of carboxylic acid groups (broad SMARTS) is 1. The van der Waals surface area contributed by atoms with Crippen molar-refractivity contribution in [2.75, 3.05) is 0 Å². The van der Waals surface area contributed by atoms with Gasteiger partial charge >= 0.3 is 5.97 Å². The second-order valence-electron chi connectivity index (χ2n) is 5.58. The van der Waals surface area contributed by atoms with Gasteiger partial charge in [-0.2, -0.15) is 5.10 Å². The van der Waals surface area contributed by atoms with Crippen LogP contribution in [0.3, 0.4) is 0 Å². The topological polar surface area (TPSA) is 91.9 Å². The van der Waals surface area contributed by atoms with Gasteiger partial charge in [0.2, 0.25) is 5.76 Å². The zero-order valence-electron chi connectivity index (χ0n) is 12.2. The number of rotatable bonds is 3. The van der Waals surface area contributed by atoms with Crippen LogP contribution in [0.1, 0.15) is 60.4 Å². The van der Waals surface area contributed by atoms with Crippen molar-refractivity contribution in [1.82, 2.24) is 5.43 Å². The molecule has 0 aromatic carbocycles. The normalized spacial score (nSPS) is 19.5. The number of furan rings is 1. The fourth-order valence-electron chi connectivity index (χ4n) is 2.87. The summed E-state index contributed by atoms with van der Waals surface area (Å²) in [4.78, 5) is 23.0. The monoisotopic (exact) mass is 302 g/mol. The van der Waals surface area contributed by atoms with E-state index in [0.29, 0.717) is 29.9 Å². The molecule has 6 nitrogen and oxygen atoms in total. The van der Waals surface area contributed by atoms with E-state index in [2.05, 4.69) is 10.5 Å². The van der Waals surface area contributed by atoms with E-state index in [4.69, 9.17) is 9.52 Å². The number of fused-ring (bicyclic) bond motifs is 1. The first-order valence-electron chi connectivity index (χ1n) is 7.57. The number of amides is 1. The Morgan fingerprint density at radius 3 is 2.77 bits per heavy atom. The smallest absolute Gasteiger partial charge is 0.371 e. The molecule has 116 valence electrons. The maximum absolute atomic E-state index is 12.1. The first-order valence-corrected chi connectivity index (χ1v) is 7.57. The molecule has 3 rings (SSSR count). The molecule has 22 heavy (non-hydrogen) atoms. The minimum Gasteiger partial charge on any atom is -0.475 e. The molecule has 0 fully saturated rings. The average molecular weight is 302 g/mol. The average Bonchev–Trinajstić information content (AvgIpc) is 2.98. The summed E-state index contributed by atoms with van der Waals surface area (Å²) in [6.45, 7) is 0. The molecule has 0 unspecified atom stereocenters.